The Balaban J connectivity index is 2.33. The molecule has 1 heterocycles. The fourth-order valence-electron chi connectivity index (χ4n) is 5.28. The van der Waals surface area contributed by atoms with Crippen molar-refractivity contribution in [3.05, 3.63) is 69.7 Å². The van der Waals surface area contributed by atoms with Gasteiger partial charge >= 0.3 is 12.1 Å². The molecule has 5 nitrogen and oxygen atoms in total. The molecule has 3 rings (SSSR count). The zero-order chi connectivity index (χ0) is 27.1. The van der Waals surface area contributed by atoms with E-state index in [2.05, 4.69) is 0 Å². The van der Waals surface area contributed by atoms with Crippen LogP contribution in [0.2, 0.25) is 10.0 Å². The number of aliphatic carboxylic acids is 1. The molecule has 0 bridgehead atoms. The Labute approximate surface area is 217 Å². The molecule has 2 aromatic rings. The van der Waals surface area contributed by atoms with Crippen molar-refractivity contribution in [2.45, 2.75) is 69.8 Å². The summed E-state index contributed by atoms with van der Waals surface area (Å²) in [5, 5.41) is 21.2. The third kappa shape index (κ3) is 5.36. The first-order valence-corrected chi connectivity index (χ1v) is 12.2. The normalized spacial score (nSPS) is 25.4. The Kier molecular flexibility index (Phi) is 8.04. The minimum atomic E-state index is -5.05. The SMILES string of the molecule is CC[C@H](N1C(=O)[C@@](C)(CC(=O)O)C[C@H](c2cccc(Cl)c2)[C@H]1c1ccc(Cl)cc1)C(C)(O)C(F)(F)F. The van der Waals surface area contributed by atoms with E-state index in [4.69, 9.17) is 23.2 Å². The van der Waals surface area contributed by atoms with Crippen LogP contribution in [0.1, 0.15) is 63.1 Å². The number of alkyl halides is 3. The van der Waals surface area contributed by atoms with Crippen LogP contribution in [-0.4, -0.2) is 44.8 Å². The summed E-state index contributed by atoms with van der Waals surface area (Å²) in [6.07, 6.45) is -5.82. The van der Waals surface area contributed by atoms with E-state index < -0.39 is 53.5 Å². The zero-order valence-electron chi connectivity index (χ0n) is 20.0. The number of aliphatic hydroxyl groups is 1. The third-order valence-corrected chi connectivity index (χ3v) is 7.56. The first kappa shape index (κ1) is 28.3. The first-order chi connectivity index (χ1) is 16.6. The molecule has 2 N–H and O–H groups in total. The molecule has 1 unspecified atom stereocenters. The summed E-state index contributed by atoms with van der Waals surface area (Å²) in [6, 6.07) is 10.5. The van der Waals surface area contributed by atoms with Gasteiger partial charge in [0, 0.05) is 16.0 Å². The molecule has 0 saturated carbocycles. The van der Waals surface area contributed by atoms with Crippen molar-refractivity contribution < 1.29 is 33.0 Å². The van der Waals surface area contributed by atoms with Crippen molar-refractivity contribution in [3.8, 4) is 0 Å². The molecule has 1 aliphatic heterocycles. The number of hydrogen-bond acceptors (Lipinski definition) is 3. The van der Waals surface area contributed by atoms with Gasteiger partial charge in [-0.15, -0.1) is 0 Å². The number of hydrogen-bond donors (Lipinski definition) is 2. The molecule has 0 spiro atoms. The van der Waals surface area contributed by atoms with Crippen molar-refractivity contribution in [2.75, 3.05) is 0 Å². The Morgan fingerprint density at radius 1 is 1.14 bits per heavy atom. The highest BCUT2D eigenvalue weighted by molar-refractivity contribution is 6.30. The molecule has 1 saturated heterocycles. The second-order valence-electron chi connectivity index (χ2n) is 9.77. The Morgan fingerprint density at radius 3 is 2.25 bits per heavy atom. The van der Waals surface area contributed by atoms with Crippen LogP contribution < -0.4 is 0 Å². The van der Waals surface area contributed by atoms with Crippen LogP contribution in [0.5, 0.6) is 0 Å². The quantitative estimate of drug-likeness (QED) is 0.409. The maximum absolute atomic E-state index is 14.1. The smallest absolute Gasteiger partial charge is 0.418 e. The number of carbonyl (C=O) groups is 2. The van der Waals surface area contributed by atoms with Crippen LogP contribution in [0.3, 0.4) is 0 Å². The summed E-state index contributed by atoms with van der Waals surface area (Å²) >= 11 is 12.3. The molecule has 36 heavy (non-hydrogen) atoms. The summed E-state index contributed by atoms with van der Waals surface area (Å²) in [4.78, 5) is 26.8. The van der Waals surface area contributed by atoms with E-state index in [9.17, 15) is 33.0 Å². The minimum Gasteiger partial charge on any atom is -0.481 e. The second-order valence-corrected chi connectivity index (χ2v) is 10.6. The van der Waals surface area contributed by atoms with Crippen molar-refractivity contribution >= 4 is 35.1 Å². The molecule has 10 heteroatoms. The monoisotopic (exact) mass is 545 g/mol. The van der Waals surface area contributed by atoms with Gasteiger partial charge in [-0.25, -0.2) is 0 Å². The van der Waals surface area contributed by atoms with E-state index >= 15 is 0 Å². The van der Waals surface area contributed by atoms with Crippen LogP contribution in [0.4, 0.5) is 13.2 Å². The number of nitrogens with zero attached hydrogens (tertiary/aromatic N) is 1. The number of benzene rings is 2. The lowest BCUT2D eigenvalue weighted by atomic mass is 9.66. The van der Waals surface area contributed by atoms with Gasteiger partial charge in [-0.05, 0) is 55.2 Å². The van der Waals surface area contributed by atoms with Gasteiger partial charge in [-0.2, -0.15) is 13.2 Å². The van der Waals surface area contributed by atoms with Gasteiger partial charge in [0.15, 0.2) is 5.60 Å². The van der Waals surface area contributed by atoms with Crippen LogP contribution in [0, 0.1) is 5.41 Å². The average Bonchev–Trinajstić information content (AvgIpc) is 2.76. The van der Waals surface area contributed by atoms with Gasteiger partial charge in [0.2, 0.25) is 5.91 Å². The number of amides is 1. The molecule has 0 aliphatic carbocycles. The fraction of sp³-hybridized carbons (Fsp3) is 0.462. The predicted octanol–water partition coefficient (Wildman–Crippen LogP) is 6.62. The van der Waals surface area contributed by atoms with E-state index in [1.165, 1.54) is 13.8 Å². The standard InChI is InChI=1S/C26H28Cl2F3NO4/c1-4-20(25(3,36)26(29,30)31)32-22(15-8-10-17(27)11-9-15)19(16-6-5-7-18(28)12-16)13-24(2,23(32)35)14-21(33)34/h5-12,19-20,22,36H,4,13-14H2,1-3H3,(H,33,34)/t19-,20+,22-,24-,25?/m1/s1. The van der Waals surface area contributed by atoms with E-state index in [0.717, 1.165) is 4.90 Å². The van der Waals surface area contributed by atoms with Crippen molar-refractivity contribution in [1.82, 2.24) is 4.90 Å². The van der Waals surface area contributed by atoms with Gasteiger partial charge < -0.3 is 15.1 Å². The molecule has 1 fully saturated rings. The summed E-state index contributed by atoms with van der Waals surface area (Å²) in [7, 11) is 0. The number of carboxylic acid groups (broad SMARTS) is 1. The van der Waals surface area contributed by atoms with Crippen LogP contribution in [0.15, 0.2) is 48.5 Å². The fourth-order valence-corrected chi connectivity index (χ4v) is 5.60. The molecule has 2 aromatic carbocycles. The first-order valence-electron chi connectivity index (χ1n) is 11.5. The summed E-state index contributed by atoms with van der Waals surface area (Å²) in [5.41, 5.74) is -3.65. The summed E-state index contributed by atoms with van der Waals surface area (Å²) < 4.78 is 42.3. The lowest BCUT2D eigenvalue weighted by Crippen LogP contribution is -2.65. The van der Waals surface area contributed by atoms with Crippen molar-refractivity contribution in [1.29, 1.82) is 0 Å². The van der Waals surface area contributed by atoms with E-state index in [1.807, 2.05) is 0 Å². The highest BCUT2D eigenvalue weighted by atomic mass is 35.5. The Hall–Kier alpha value is -2.29. The van der Waals surface area contributed by atoms with E-state index in [0.29, 0.717) is 28.1 Å². The van der Waals surface area contributed by atoms with Crippen LogP contribution in [0.25, 0.3) is 0 Å². The Bertz CT molecular complexity index is 1120. The molecule has 196 valence electrons. The number of piperidine rings is 1. The van der Waals surface area contributed by atoms with Gasteiger partial charge in [-0.1, -0.05) is 61.3 Å². The van der Waals surface area contributed by atoms with Gasteiger partial charge in [-0.3, -0.25) is 9.59 Å². The molecule has 0 aromatic heterocycles. The molecule has 5 atom stereocenters. The third-order valence-electron chi connectivity index (χ3n) is 7.08. The number of rotatable bonds is 7. The lowest BCUT2D eigenvalue weighted by molar-refractivity contribution is -0.277. The van der Waals surface area contributed by atoms with E-state index in [1.54, 1.807) is 48.5 Å². The number of halogens is 5. The molecular formula is C26H28Cl2F3NO4. The van der Waals surface area contributed by atoms with Crippen LogP contribution >= 0.6 is 23.2 Å². The lowest BCUT2D eigenvalue weighted by Gasteiger charge is -2.54. The van der Waals surface area contributed by atoms with Gasteiger partial charge in [0.25, 0.3) is 0 Å². The largest absolute Gasteiger partial charge is 0.481 e. The maximum atomic E-state index is 14.1. The van der Waals surface area contributed by atoms with E-state index in [-0.39, 0.29) is 12.8 Å². The Morgan fingerprint density at radius 2 is 1.75 bits per heavy atom. The second kappa shape index (κ2) is 10.2. The van der Waals surface area contributed by atoms with Crippen molar-refractivity contribution in [3.63, 3.8) is 0 Å². The summed E-state index contributed by atoms with van der Waals surface area (Å²) in [5.74, 6) is -2.64. The summed E-state index contributed by atoms with van der Waals surface area (Å²) in [6.45, 7) is 3.54. The predicted molar refractivity (Wildman–Crippen MR) is 131 cm³/mol. The topological polar surface area (TPSA) is 77.8 Å². The van der Waals surface area contributed by atoms with Gasteiger partial charge in [0.1, 0.15) is 0 Å². The highest BCUT2D eigenvalue weighted by Gasteiger charge is 2.61. The van der Waals surface area contributed by atoms with Gasteiger partial charge in [0.05, 0.1) is 23.9 Å². The highest BCUT2D eigenvalue weighted by Crippen LogP contribution is 2.54. The number of likely N-dealkylation sites (tertiary alicyclic amines) is 1. The minimum absolute atomic E-state index is 0.0485. The number of carbonyl (C=O) groups excluding carboxylic acids is 1. The molecule has 1 aliphatic rings. The average molecular weight is 546 g/mol. The maximum Gasteiger partial charge on any atom is 0.418 e. The molecule has 1 amide bonds. The van der Waals surface area contributed by atoms with Crippen molar-refractivity contribution in [2.24, 2.45) is 5.41 Å². The number of carboxylic acids is 1. The van der Waals surface area contributed by atoms with Crippen LogP contribution in [-0.2, 0) is 9.59 Å². The molecular weight excluding hydrogens is 518 g/mol. The molecule has 0 radical (unpaired) electrons. The zero-order valence-corrected chi connectivity index (χ0v) is 21.5.